The highest BCUT2D eigenvalue weighted by Crippen LogP contribution is 2.25. The van der Waals surface area contributed by atoms with E-state index in [1.54, 1.807) is 6.07 Å². The largest absolute Gasteiger partial charge is 0.330 e. The van der Waals surface area contributed by atoms with Crippen molar-refractivity contribution in [3.63, 3.8) is 0 Å². The number of imidazole rings is 1. The summed E-state index contributed by atoms with van der Waals surface area (Å²) < 4.78 is 15.9. The molecule has 3 nitrogen and oxygen atoms in total. The van der Waals surface area contributed by atoms with E-state index in [9.17, 15) is 4.39 Å². The minimum atomic E-state index is -0.247. The van der Waals surface area contributed by atoms with E-state index in [1.807, 2.05) is 6.07 Å². The van der Waals surface area contributed by atoms with E-state index in [4.69, 9.17) is 5.73 Å². The van der Waals surface area contributed by atoms with Crippen LogP contribution in [0.3, 0.4) is 0 Å². The van der Waals surface area contributed by atoms with Crippen LogP contribution in [0.5, 0.6) is 0 Å². The average molecular weight is 249 g/mol. The summed E-state index contributed by atoms with van der Waals surface area (Å²) in [5.74, 6) is 0.958. The van der Waals surface area contributed by atoms with Gasteiger partial charge in [-0.3, -0.25) is 0 Å². The molecule has 1 aromatic carbocycles. The van der Waals surface area contributed by atoms with E-state index in [1.165, 1.54) is 6.07 Å². The van der Waals surface area contributed by atoms with Crippen LogP contribution in [0.4, 0.5) is 4.39 Å². The second kappa shape index (κ2) is 5.48. The van der Waals surface area contributed by atoms with Gasteiger partial charge in [0.2, 0.25) is 0 Å². The van der Waals surface area contributed by atoms with Gasteiger partial charge >= 0.3 is 0 Å². The van der Waals surface area contributed by atoms with Crippen molar-refractivity contribution in [1.82, 2.24) is 9.55 Å². The molecule has 2 aromatic rings. The van der Waals surface area contributed by atoms with Crippen molar-refractivity contribution in [1.29, 1.82) is 0 Å². The van der Waals surface area contributed by atoms with E-state index in [0.29, 0.717) is 12.1 Å². The smallest absolute Gasteiger partial charge is 0.151 e. The number of rotatable bonds is 5. The molecule has 4 heteroatoms. The minimum absolute atomic E-state index is 0.247. The first-order chi connectivity index (χ1) is 8.69. The molecule has 1 heterocycles. The highest BCUT2D eigenvalue weighted by atomic mass is 19.1. The van der Waals surface area contributed by atoms with Gasteiger partial charge in [-0.15, -0.1) is 0 Å². The number of nitrogens with zero attached hydrogens (tertiary/aromatic N) is 2. The van der Waals surface area contributed by atoms with Crippen LogP contribution >= 0.6 is 0 Å². The Balaban J connectivity index is 2.57. The van der Waals surface area contributed by atoms with Crippen LogP contribution in [0.1, 0.15) is 38.4 Å². The maximum absolute atomic E-state index is 13.8. The molecule has 0 amide bonds. The average Bonchev–Trinajstić information content (AvgIpc) is 2.71. The van der Waals surface area contributed by atoms with Crippen LogP contribution < -0.4 is 5.73 Å². The summed E-state index contributed by atoms with van der Waals surface area (Å²) in [6.07, 6.45) is 1.87. The molecule has 1 aromatic heterocycles. The summed E-state index contributed by atoms with van der Waals surface area (Å²) in [7, 11) is 0. The first-order valence-corrected chi connectivity index (χ1v) is 6.53. The van der Waals surface area contributed by atoms with Crippen LogP contribution in [-0.4, -0.2) is 16.1 Å². The number of nitrogens with two attached hydrogens (primary N) is 1. The molecule has 0 saturated carbocycles. The van der Waals surface area contributed by atoms with Crippen molar-refractivity contribution in [2.75, 3.05) is 6.54 Å². The van der Waals surface area contributed by atoms with E-state index in [2.05, 4.69) is 23.4 Å². The van der Waals surface area contributed by atoms with Crippen molar-refractivity contribution in [2.45, 2.75) is 39.2 Å². The highest BCUT2D eigenvalue weighted by Gasteiger charge is 2.17. The van der Waals surface area contributed by atoms with Gasteiger partial charge in [-0.2, -0.15) is 0 Å². The Bertz CT molecular complexity index is 533. The predicted octanol–water partition coefficient (Wildman–Crippen LogP) is 3.04. The lowest BCUT2D eigenvalue weighted by Gasteiger charge is -2.13. The number of fused-ring (bicyclic) bond motifs is 1. The standard InChI is InChI=1S/C14H20FN3/c1-3-9-18-12-6-4-5-11(15)13(12)17-14(18)10(2)7-8-16/h4-6,10H,3,7-9,16H2,1-2H3. The monoisotopic (exact) mass is 249 g/mol. The summed E-state index contributed by atoms with van der Waals surface area (Å²) in [6.45, 7) is 5.70. The van der Waals surface area contributed by atoms with E-state index in [0.717, 1.165) is 30.7 Å². The molecule has 1 unspecified atom stereocenters. The molecule has 98 valence electrons. The third-order valence-corrected chi connectivity index (χ3v) is 3.25. The summed E-state index contributed by atoms with van der Waals surface area (Å²) in [5.41, 5.74) is 6.97. The van der Waals surface area contributed by atoms with Crippen molar-refractivity contribution >= 4 is 11.0 Å². The Hall–Kier alpha value is -1.42. The third-order valence-electron chi connectivity index (χ3n) is 3.25. The molecule has 2 rings (SSSR count). The third kappa shape index (κ3) is 2.25. The summed E-state index contributed by atoms with van der Waals surface area (Å²) in [6, 6.07) is 5.13. The van der Waals surface area contributed by atoms with Gasteiger partial charge in [-0.05, 0) is 31.5 Å². The zero-order valence-corrected chi connectivity index (χ0v) is 11.0. The predicted molar refractivity (Wildman–Crippen MR) is 72.1 cm³/mol. The lowest BCUT2D eigenvalue weighted by molar-refractivity contribution is 0.578. The van der Waals surface area contributed by atoms with Crippen molar-refractivity contribution in [3.8, 4) is 0 Å². The first-order valence-electron chi connectivity index (χ1n) is 6.53. The number of hydrogen-bond donors (Lipinski definition) is 1. The van der Waals surface area contributed by atoms with Gasteiger partial charge in [0.1, 0.15) is 11.3 Å². The van der Waals surface area contributed by atoms with E-state index in [-0.39, 0.29) is 11.7 Å². The Morgan fingerprint density at radius 3 is 2.89 bits per heavy atom. The number of halogens is 1. The fraction of sp³-hybridized carbons (Fsp3) is 0.500. The fourth-order valence-electron chi connectivity index (χ4n) is 2.34. The van der Waals surface area contributed by atoms with Gasteiger partial charge in [0.15, 0.2) is 5.82 Å². The van der Waals surface area contributed by atoms with E-state index < -0.39 is 0 Å². The maximum Gasteiger partial charge on any atom is 0.151 e. The quantitative estimate of drug-likeness (QED) is 0.885. The molecule has 0 aliphatic heterocycles. The molecule has 0 aliphatic carbocycles. The molecule has 0 fully saturated rings. The van der Waals surface area contributed by atoms with Crippen LogP contribution in [0.15, 0.2) is 18.2 Å². The molecule has 1 atom stereocenters. The molecule has 0 saturated heterocycles. The number of benzene rings is 1. The van der Waals surface area contributed by atoms with Gasteiger partial charge in [0.25, 0.3) is 0 Å². The van der Waals surface area contributed by atoms with Crippen LogP contribution in [-0.2, 0) is 6.54 Å². The van der Waals surface area contributed by atoms with Gasteiger partial charge in [0, 0.05) is 12.5 Å². The summed E-state index contributed by atoms with van der Waals surface area (Å²) in [5, 5.41) is 0. The fourth-order valence-corrected chi connectivity index (χ4v) is 2.34. The lowest BCUT2D eigenvalue weighted by Crippen LogP contribution is -2.11. The molecule has 0 spiro atoms. The molecular weight excluding hydrogens is 229 g/mol. The Morgan fingerprint density at radius 2 is 2.22 bits per heavy atom. The number of aryl methyl sites for hydroxylation is 1. The van der Waals surface area contributed by atoms with Gasteiger partial charge in [-0.25, -0.2) is 9.37 Å². The van der Waals surface area contributed by atoms with E-state index >= 15 is 0 Å². The topological polar surface area (TPSA) is 43.8 Å². The first kappa shape index (κ1) is 13.0. The molecule has 2 N–H and O–H groups in total. The van der Waals surface area contributed by atoms with Crippen molar-refractivity contribution in [3.05, 3.63) is 29.8 Å². The number of para-hydroxylation sites is 1. The highest BCUT2D eigenvalue weighted by molar-refractivity contribution is 5.76. The van der Waals surface area contributed by atoms with Crippen molar-refractivity contribution in [2.24, 2.45) is 5.73 Å². The number of aromatic nitrogens is 2. The Labute approximate surface area is 107 Å². The molecule has 0 bridgehead atoms. The zero-order chi connectivity index (χ0) is 13.1. The lowest BCUT2D eigenvalue weighted by atomic mass is 10.1. The van der Waals surface area contributed by atoms with Crippen LogP contribution in [0.2, 0.25) is 0 Å². The Morgan fingerprint density at radius 1 is 1.44 bits per heavy atom. The zero-order valence-electron chi connectivity index (χ0n) is 11.0. The van der Waals surface area contributed by atoms with Crippen LogP contribution in [0, 0.1) is 5.82 Å². The van der Waals surface area contributed by atoms with Crippen LogP contribution in [0.25, 0.3) is 11.0 Å². The summed E-state index contributed by atoms with van der Waals surface area (Å²) in [4.78, 5) is 4.48. The van der Waals surface area contributed by atoms with Crippen molar-refractivity contribution < 1.29 is 4.39 Å². The SMILES string of the molecule is CCCn1c(C(C)CCN)nc2c(F)cccc21. The maximum atomic E-state index is 13.8. The number of hydrogen-bond acceptors (Lipinski definition) is 2. The van der Waals surface area contributed by atoms with Gasteiger partial charge in [0.05, 0.1) is 5.52 Å². The molecule has 0 aliphatic rings. The second-order valence-corrected chi connectivity index (χ2v) is 4.71. The minimum Gasteiger partial charge on any atom is -0.330 e. The van der Waals surface area contributed by atoms with Gasteiger partial charge in [-0.1, -0.05) is 19.9 Å². The second-order valence-electron chi connectivity index (χ2n) is 4.71. The molecule has 0 radical (unpaired) electrons. The summed E-state index contributed by atoms with van der Waals surface area (Å²) >= 11 is 0. The normalized spacial score (nSPS) is 13.1. The van der Waals surface area contributed by atoms with Gasteiger partial charge < -0.3 is 10.3 Å². The molecular formula is C14H20FN3. The Kier molecular flexibility index (Phi) is 3.97. The molecule has 18 heavy (non-hydrogen) atoms.